The number of carbonyl (C=O) groups is 1. The van der Waals surface area contributed by atoms with Crippen molar-refractivity contribution in [1.82, 2.24) is 10.3 Å². The summed E-state index contributed by atoms with van der Waals surface area (Å²) in [6.07, 6.45) is 4.08. The SMILES string of the molecule is O=C(NCc1ccc2c(c1)OCCCO2)c1ccncc1. The van der Waals surface area contributed by atoms with Gasteiger partial charge in [-0.15, -0.1) is 0 Å². The molecule has 1 aliphatic heterocycles. The minimum absolute atomic E-state index is 0.121. The Balaban J connectivity index is 1.66. The van der Waals surface area contributed by atoms with E-state index in [2.05, 4.69) is 10.3 Å². The highest BCUT2D eigenvalue weighted by molar-refractivity contribution is 5.93. The molecule has 0 unspecified atom stereocenters. The van der Waals surface area contributed by atoms with E-state index in [-0.39, 0.29) is 5.91 Å². The number of ether oxygens (including phenoxy) is 2. The molecule has 21 heavy (non-hydrogen) atoms. The molecule has 2 aromatic rings. The normalized spacial score (nSPS) is 13.3. The molecule has 0 spiro atoms. The quantitative estimate of drug-likeness (QED) is 0.938. The fourth-order valence-electron chi connectivity index (χ4n) is 2.11. The van der Waals surface area contributed by atoms with Gasteiger partial charge in [0.25, 0.3) is 5.91 Å². The van der Waals surface area contributed by atoms with Gasteiger partial charge in [0.1, 0.15) is 0 Å². The van der Waals surface area contributed by atoms with Crippen molar-refractivity contribution in [3.05, 3.63) is 53.9 Å². The Hall–Kier alpha value is -2.56. The standard InChI is InChI=1S/C16H16N2O3/c19-16(13-4-6-17-7-5-13)18-11-12-2-3-14-15(10-12)21-9-1-8-20-14/h2-7,10H,1,8-9,11H2,(H,18,19). The van der Waals surface area contributed by atoms with Crippen molar-refractivity contribution in [1.29, 1.82) is 0 Å². The zero-order chi connectivity index (χ0) is 14.5. The summed E-state index contributed by atoms with van der Waals surface area (Å²) in [6, 6.07) is 9.09. The van der Waals surface area contributed by atoms with E-state index in [1.165, 1.54) is 0 Å². The van der Waals surface area contributed by atoms with Gasteiger partial charge in [0, 0.05) is 30.9 Å². The van der Waals surface area contributed by atoms with Gasteiger partial charge in [-0.1, -0.05) is 6.07 Å². The van der Waals surface area contributed by atoms with Crippen molar-refractivity contribution in [2.45, 2.75) is 13.0 Å². The van der Waals surface area contributed by atoms with Crippen molar-refractivity contribution in [3.63, 3.8) is 0 Å². The van der Waals surface area contributed by atoms with Crippen molar-refractivity contribution in [2.24, 2.45) is 0 Å². The lowest BCUT2D eigenvalue weighted by atomic mass is 10.2. The Morgan fingerprint density at radius 2 is 1.86 bits per heavy atom. The summed E-state index contributed by atoms with van der Waals surface area (Å²) < 4.78 is 11.2. The van der Waals surface area contributed by atoms with E-state index >= 15 is 0 Å². The average molecular weight is 284 g/mol. The highest BCUT2D eigenvalue weighted by Crippen LogP contribution is 2.30. The highest BCUT2D eigenvalue weighted by Gasteiger charge is 2.11. The molecule has 0 radical (unpaired) electrons. The van der Waals surface area contributed by atoms with Gasteiger partial charge in [0.15, 0.2) is 11.5 Å². The topological polar surface area (TPSA) is 60.5 Å². The van der Waals surface area contributed by atoms with Gasteiger partial charge in [-0.3, -0.25) is 9.78 Å². The molecular formula is C16H16N2O3. The second-order valence-electron chi connectivity index (χ2n) is 4.75. The third kappa shape index (κ3) is 3.31. The fourth-order valence-corrected chi connectivity index (χ4v) is 2.11. The third-order valence-electron chi connectivity index (χ3n) is 3.21. The van der Waals surface area contributed by atoms with E-state index in [0.29, 0.717) is 25.3 Å². The minimum Gasteiger partial charge on any atom is -0.490 e. The first kappa shape index (κ1) is 13.4. The predicted molar refractivity (Wildman–Crippen MR) is 77.5 cm³/mol. The Kier molecular flexibility index (Phi) is 4.00. The number of nitrogens with zero attached hydrogens (tertiary/aromatic N) is 1. The van der Waals surface area contributed by atoms with Gasteiger partial charge in [0.05, 0.1) is 13.2 Å². The number of carbonyl (C=O) groups excluding carboxylic acids is 1. The van der Waals surface area contributed by atoms with Gasteiger partial charge in [-0.2, -0.15) is 0 Å². The molecule has 0 bridgehead atoms. The second kappa shape index (κ2) is 6.26. The minimum atomic E-state index is -0.121. The Morgan fingerprint density at radius 1 is 1.10 bits per heavy atom. The number of aromatic nitrogens is 1. The van der Waals surface area contributed by atoms with E-state index in [9.17, 15) is 4.79 Å². The van der Waals surface area contributed by atoms with Crippen molar-refractivity contribution in [2.75, 3.05) is 13.2 Å². The molecule has 0 saturated heterocycles. The van der Waals surface area contributed by atoms with Crippen LogP contribution in [0.1, 0.15) is 22.3 Å². The van der Waals surface area contributed by atoms with Gasteiger partial charge >= 0.3 is 0 Å². The molecule has 0 saturated carbocycles. The number of fused-ring (bicyclic) bond motifs is 1. The molecule has 1 N–H and O–H groups in total. The Bertz CT molecular complexity index is 629. The van der Waals surface area contributed by atoms with Crippen LogP contribution >= 0.6 is 0 Å². The van der Waals surface area contributed by atoms with Crippen molar-refractivity contribution >= 4 is 5.91 Å². The number of amides is 1. The molecule has 5 nitrogen and oxygen atoms in total. The summed E-state index contributed by atoms with van der Waals surface area (Å²) >= 11 is 0. The molecule has 1 amide bonds. The van der Waals surface area contributed by atoms with Gasteiger partial charge in [0.2, 0.25) is 0 Å². The van der Waals surface area contributed by atoms with Crippen molar-refractivity contribution < 1.29 is 14.3 Å². The maximum atomic E-state index is 12.0. The summed E-state index contributed by atoms with van der Waals surface area (Å²) in [5.41, 5.74) is 1.57. The first-order chi connectivity index (χ1) is 10.3. The summed E-state index contributed by atoms with van der Waals surface area (Å²) in [7, 11) is 0. The average Bonchev–Trinajstić information content (AvgIpc) is 2.78. The van der Waals surface area contributed by atoms with Gasteiger partial charge < -0.3 is 14.8 Å². The maximum absolute atomic E-state index is 12.0. The number of pyridine rings is 1. The van der Waals surface area contributed by atoms with Crippen LogP contribution < -0.4 is 14.8 Å². The lowest BCUT2D eigenvalue weighted by molar-refractivity contribution is 0.0950. The number of hydrogen-bond donors (Lipinski definition) is 1. The van der Waals surface area contributed by atoms with Crippen molar-refractivity contribution in [3.8, 4) is 11.5 Å². The van der Waals surface area contributed by atoms with Crippen LogP contribution in [-0.2, 0) is 6.54 Å². The van der Waals surface area contributed by atoms with Crippen LogP contribution in [0.2, 0.25) is 0 Å². The number of rotatable bonds is 3. The molecule has 0 fully saturated rings. The Labute approximate surface area is 122 Å². The van der Waals surface area contributed by atoms with Crippen LogP contribution in [0.15, 0.2) is 42.7 Å². The lowest BCUT2D eigenvalue weighted by Gasteiger charge is -2.10. The molecule has 3 rings (SSSR count). The second-order valence-corrected chi connectivity index (χ2v) is 4.75. The maximum Gasteiger partial charge on any atom is 0.251 e. The molecule has 1 aromatic carbocycles. The van der Waals surface area contributed by atoms with Crippen LogP contribution in [0.4, 0.5) is 0 Å². The van der Waals surface area contributed by atoms with Crippen LogP contribution in [0.5, 0.6) is 11.5 Å². The zero-order valence-corrected chi connectivity index (χ0v) is 11.5. The largest absolute Gasteiger partial charge is 0.490 e. The van der Waals surface area contributed by atoms with E-state index in [4.69, 9.17) is 9.47 Å². The summed E-state index contributed by atoms with van der Waals surface area (Å²) in [6.45, 7) is 1.77. The lowest BCUT2D eigenvalue weighted by Crippen LogP contribution is -2.22. The molecule has 2 heterocycles. The van der Waals surface area contributed by atoms with Crippen LogP contribution in [0.3, 0.4) is 0 Å². The van der Waals surface area contributed by atoms with E-state index < -0.39 is 0 Å². The first-order valence-electron chi connectivity index (χ1n) is 6.90. The molecular weight excluding hydrogens is 268 g/mol. The summed E-state index contributed by atoms with van der Waals surface area (Å²) in [4.78, 5) is 15.9. The summed E-state index contributed by atoms with van der Waals surface area (Å²) in [5, 5.41) is 2.87. The van der Waals surface area contributed by atoms with Gasteiger partial charge in [-0.25, -0.2) is 0 Å². The number of benzene rings is 1. The highest BCUT2D eigenvalue weighted by atomic mass is 16.5. The van der Waals surface area contributed by atoms with Crippen LogP contribution in [-0.4, -0.2) is 24.1 Å². The smallest absolute Gasteiger partial charge is 0.251 e. The molecule has 0 atom stereocenters. The zero-order valence-electron chi connectivity index (χ0n) is 11.5. The first-order valence-corrected chi connectivity index (χ1v) is 6.90. The molecule has 108 valence electrons. The van der Waals surface area contributed by atoms with E-state index in [1.54, 1.807) is 24.5 Å². The van der Waals surface area contributed by atoms with Gasteiger partial charge in [-0.05, 0) is 29.8 Å². The predicted octanol–water partition coefficient (Wildman–Crippen LogP) is 2.17. The van der Waals surface area contributed by atoms with Crippen LogP contribution in [0, 0.1) is 0 Å². The summed E-state index contributed by atoms with van der Waals surface area (Å²) in [5.74, 6) is 1.38. The molecule has 0 aliphatic carbocycles. The molecule has 1 aromatic heterocycles. The molecule has 5 heteroatoms. The Morgan fingerprint density at radius 3 is 2.67 bits per heavy atom. The fraction of sp³-hybridized carbons (Fsp3) is 0.250. The third-order valence-corrected chi connectivity index (χ3v) is 3.21. The van der Waals surface area contributed by atoms with E-state index in [0.717, 1.165) is 23.5 Å². The van der Waals surface area contributed by atoms with Crippen LogP contribution in [0.25, 0.3) is 0 Å². The number of hydrogen-bond acceptors (Lipinski definition) is 4. The van der Waals surface area contributed by atoms with E-state index in [1.807, 2.05) is 18.2 Å². The monoisotopic (exact) mass is 284 g/mol. The number of nitrogens with one attached hydrogen (secondary N) is 1. The molecule has 1 aliphatic rings.